The monoisotopic (exact) mass is 238 g/mol. The minimum atomic E-state index is -1.06. The smallest absolute Gasteiger partial charge is 0.380 e. The highest BCUT2D eigenvalue weighted by atomic mass is 17.1. The highest BCUT2D eigenvalue weighted by Gasteiger charge is 2.28. The standard InChI is InChI=1S/C12H14O5/c1-12(2,8-16-15)17-11(14)10(13)9-6-4-3-5-7-9/h3-7,15H,8H2,1-2H3. The highest BCUT2D eigenvalue weighted by Crippen LogP contribution is 2.11. The van der Waals surface area contributed by atoms with Gasteiger partial charge in [-0.25, -0.2) is 9.68 Å². The molecule has 0 aliphatic carbocycles. The van der Waals surface area contributed by atoms with Crippen molar-refractivity contribution in [1.82, 2.24) is 0 Å². The minimum Gasteiger partial charge on any atom is -0.451 e. The summed E-state index contributed by atoms with van der Waals surface area (Å²) in [6, 6.07) is 8.11. The molecular weight excluding hydrogens is 224 g/mol. The van der Waals surface area contributed by atoms with Gasteiger partial charge in [-0.05, 0) is 13.8 Å². The van der Waals surface area contributed by atoms with E-state index >= 15 is 0 Å². The molecule has 1 rings (SSSR count). The van der Waals surface area contributed by atoms with Gasteiger partial charge in [0.2, 0.25) is 0 Å². The Morgan fingerprint density at radius 1 is 1.24 bits per heavy atom. The Balaban J connectivity index is 2.69. The van der Waals surface area contributed by atoms with Crippen LogP contribution in [0.3, 0.4) is 0 Å². The second-order valence-electron chi connectivity index (χ2n) is 4.12. The van der Waals surface area contributed by atoms with E-state index in [9.17, 15) is 9.59 Å². The molecule has 0 aliphatic heterocycles. The van der Waals surface area contributed by atoms with Crippen molar-refractivity contribution in [3.05, 3.63) is 35.9 Å². The van der Waals surface area contributed by atoms with E-state index in [4.69, 9.17) is 9.99 Å². The predicted octanol–water partition coefficient (Wildman–Crippen LogP) is 1.68. The van der Waals surface area contributed by atoms with Crippen LogP contribution in [-0.2, 0) is 14.4 Å². The van der Waals surface area contributed by atoms with E-state index in [1.807, 2.05) is 0 Å². The van der Waals surface area contributed by atoms with Crippen LogP contribution in [0.15, 0.2) is 30.3 Å². The number of esters is 1. The van der Waals surface area contributed by atoms with Crippen molar-refractivity contribution in [2.45, 2.75) is 19.4 Å². The van der Waals surface area contributed by atoms with E-state index in [0.717, 1.165) is 0 Å². The largest absolute Gasteiger partial charge is 0.451 e. The minimum absolute atomic E-state index is 0.208. The maximum Gasteiger partial charge on any atom is 0.380 e. The molecule has 0 saturated carbocycles. The lowest BCUT2D eigenvalue weighted by molar-refractivity contribution is -0.270. The third kappa shape index (κ3) is 3.97. The summed E-state index contributed by atoms with van der Waals surface area (Å²) in [6.45, 7) is 2.85. The summed E-state index contributed by atoms with van der Waals surface area (Å²) < 4.78 is 4.92. The van der Waals surface area contributed by atoms with Gasteiger partial charge >= 0.3 is 5.97 Å². The third-order valence-electron chi connectivity index (χ3n) is 2.00. The number of hydrogen-bond donors (Lipinski definition) is 1. The van der Waals surface area contributed by atoms with Crippen molar-refractivity contribution >= 4 is 11.8 Å². The average Bonchev–Trinajstić information content (AvgIpc) is 2.28. The first-order valence-electron chi connectivity index (χ1n) is 5.05. The van der Waals surface area contributed by atoms with Crippen LogP contribution in [-0.4, -0.2) is 29.2 Å². The van der Waals surface area contributed by atoms with Crippen molar-refractivity contribution < 1.29 is 24.5 Å². The molecule has 17 heavy (non-hydrogen) atoms. The number of carbonyl (C=O) groups is 2. The van der Waals surface area contributed by atoms with Gasteiger partial charge in [-0.1, -0.05) is 30.3 Å². The van der Waals surface area contributed by atoms with E-state index in [2.05, 4.69) is 4.89 Å². The fourth-order valence-corrected chi connectivity index (χ4v) is 1.19. The number of benzene rings is 1. The molecule has 0 atom stereocenters. The Morgan fingerprint density at radius 3 is 2.35 bits per heavy atom. The second kappa shape index (κ2) is 5.56. The van der Waals surface area contributed by atoms with Gasteiger partial charge in [0.05, 0.1) is 0 Å². The molecule has 1 aromatic rings. The quantitative estimate of drug-likeness (QED) is 0.278. The maximum atomic E-state index is 11.6. The fraction of sp³-hybridized carbons (Fsp3) is 0.333. The van der Waals surface area contributed by atoms with Crippen LogP contribution in [0, 0.1) is 0 Å². The Hall–Kier alpha value is -1.72. The van der Waals surface area contributed by atoms with Crippen molar-refractivity contribution in [1.29, 1.82) is 0 Å². The third-order valence-corrected chi connectivity index (χ3v) is 2.00. The molecule has 0 aromatic heterocycles. The fourth-order valence-electron chi connectivity index (χ4n) is 1.19. The lowest BCUT2D eigenvalue weighted by atomic mass is 10.1. The van der Waals surface area contributed by atoms with Gasteiger partial charge in [0, 0.05) is 5.56 Å². The summed E-state index contributed by atoms with van der Waals surface area (Å²) in [5, 5.41) is 8.29. The van der Waals surface area contributed by atoms with Gasteiger partial charge in [-0.15, -0.1) is 0 Å². The molecular formula is C12H14O5. The van der Waals surface area contributed by atoms with Crippen molar-refractivity contribution in [3.8, 4) is 0 Å². The topological polar surface area (TPSA) is 72.8 Å². The Kier molecular flexibility index (Phi) is 4.37. The number of ether oxygens (including phenoxy) is 1. The molecule has 0 heterocycles. The van der Waals surface area contributed by atoms with E-state index in [0.29, 0.717) is 0 Å². The van der Waals surface area contributed by atoms with E-state index in [-0.39, 0.29) is 12.2 Å². The Morgan fingerprint density at radius 2 is 1.82 bits per heavy atom. The number of hydrogen-bond acceptors (Lipinski definition) is 5. The van der Waals surface area contributed by atoms with Gasteiger partial charge in [0.15, 0.2) is 0 Å². The summed E-state index contributed by atoms with van der Waals surface area (Å²) in [6.07, 6.45) is 0. The number of rotatable bonds is 5. The van der Waals surface area contributed by atoms with Gasteiger partial charge in [-0.3, -0.25) is 10.1 Å². The highest BCUT2D eigenvalue weighted by molar-refractivity contribution is 6.40. The second-order valence-corrected chi connectivity index (χ2v) is 4.12. The van der Waals surface area contributed by atoms with E-state index < -0.39 is 17.4 Å². The lowest BCUT2D eigenvalue weighted by Gasteiger charge is -2.22. The molecule has 0 saturated heterocycles. The zero-order chi connectivity index (χ0) is 12.9. The lowest BCUT2D eigenvalue weighted by Crippen LogP contribution is -2.35. The van der Waals surface area contributed by atoms with Gasteiger partial charge < -0.3 is 4.74 Å². The maximum absolute atomic E-state index is 11.6. The van der Waals surface area contributed by atoms with Gasteiger partial charge in [-0.2, -0.15) is 0 Å². The van der Waals surface area contributed by atoms with Crippen LogP contribution in [0.2, 0.25) is 0 Å². The molecule has 0 radical (unpaired) electrons. The van der Waals surface area contributed by atoms with Crippen molar-refractivity contribution in [3.63, 3.8) is 0 Å². The zero-order valence-electron chi connectivity index (χ0n) is 9.67. The molecule has 1 N–H and O–H groups in total. The molecule has 92 valence electrons. The van der Waals surface area contributed by atoms with Crippen LogP contribution in [0.1, 0.15) is 24.2 Å². The summed E-state index contributed by atoms with van der Waals surface area (Å²) in [7, 11) is 0. The molecule has 0 amide bonds. The molecule has 0 spiro atoms. The zero-order valence-corrected chi connectivity index (χ0v) is 9.67. The SMILES string of the molecule is CC(C)(COO)OC(=O)C(=O)c1ccccc1. The first-order valence-corrected chi connectivity index (χ1v) is 5.05. The summed E-state index contributed by atoms with van der Waals surface area (Å²) in [5.41, 5.74) is -0.797. The summed E-state index contributed by atoms with van der Waals surface area (Å²) in [5.74, 6) is -1.70. The van der Waals surface area contributed by atoms with Gasteiger partial charge in [0.25, 0.3) is 5.78 Å². The summed E-state index contributed by atoms with van der Waals surface area (Å²) >= 11 is 0. The number of carbonyl (C=O) groups excluding carboxylic acids is 2. The first-order chi connectivity index (χ1) is 7.96. The molecule has 0 aliphatic rings. The van der Waals surface area contributed by atoms with Crippen LogP contribution < -0.4 is 0 Å². The summed E-state index contributed by atoms with van der Waals surface area (Å²) in [4.78, 5) is 27.1. The molecule has 0 bridgehead atoms. The first kappa shape index (κ1) is 13.3. The molecule has 1 aromatic carbocycles. The van der Waals surface area contributed by atoms with E-state index in [1.54, 1.807) is 18.2 Å². The van der Waals surface area contributed by atoms with E-state index in [1.165, 1.54) is 26.0 Å². The predicted molar refractivity (Wildman–Crippen MR) is 59.5 cm³/mol. The number of ketones is 1. The van der Waals surface area contributed by atoms with Gasteiger partial charge in [0.1, 0.15) is 12.2 Å². The van der Waals surface area contributed by atoms with Crippen molar-refractivity contribution in [2.75, 3.05) is 6.61 Å². The Labute approximate surface area is 98.9 Å². The normalized spacial score (nSPS) is 11.0. The molecule has 0 unspecified atom stereocenters. The van der Waals surface area contributed by atoms with Crippen LogP contribution in [0.25, 0.3) is 0 Å². The molecule has 5 heteroatoms. The number of Topliss-reactive ketones (excluding diaryl/α,β-unsaturated/α-hetero) is 1. The Bertz CT molecular complexity index is 397. The average molecular weight is 238 g/mol. The molecule has 5 nitrogen and oxygen atoms in total. The van der Waals surface area contributed by atoms with Crippen molar-refractivity contribution in [2.24, 2.45) is 0 Å². The van der Waals surface area contributed by atoms with Crippen LogP contribution in [0.4, 0.5) is 0 Å². The van der Waals surface area contributed by atoms with Crippen LogP contribution >= 0.6 is 0 Å². The van der Waals surface area contributed by atoms with Crippen LogP contribution in [0.5, 0.6) is 0 Å². The molecule has 0 fully saturated rings.